The zero-order valence-corrected chi connectivity index (χ0v) is 12.5. The molecule has 0 fully saturated rings. The predicted octanol–water partition coefficient (Wildman–Crippen LogP) is 5.94. The highest BCUT2D eigenvalue weighted by atomic mass is 14.3. The number of rotatable bonds is 3. The van der Waals surface area contributed by atoms with E-state index in [-0.39, 0.29) is 0 Å². The SMILES string of the molecule is CCCC1c2ccccc2-c2ccc(C3=CC=CC3)cc21. The molecule has 0 nitrogen and oxygen atoms in total. The molecule has 0 bridgehead atoms. The van der Waals surface area contributed by atoms with Crippen LogP contribution in [0, 0.1) is 0 Å². The lowest BCUT2D eigenvalue weighted by Crippen LogP contribution is -1.96. The van der Waals surface area contributed by atoms with Gasteiger partial charge in [0.15, 0.2) is 0 Å². The highest BCUT2D eigenvalue weighted by molar-refractivity contribution is 5.82. The second-order valence-corrected chi connectivity index (χ2v) is 6.05. The number of hydrogen-bond donors (Lipinski definition) is 0. The van der Waals surface area contributed by atoms with Gasteiger partial charge in [0.25, 0.3) is 0 Å². The molecule has 0 aromatic heterocycles. The Balaban J connectivity index is 1.84. The summed E-state index contributed by atoms with van der Waals surface area (Å²) in [6.07, 6.45) is 10.2. The maximum atomic E-state index is 2.44. The van der Waals surface area contributed by atoms with Crippen molar-refractivity contribution >= 4 is 5.57 Å². The molecule has 1 atom stereocenters. The summed E-state index contributed by atoms with van der Waals surface area (Å²) in [7, 11) is 0. The van der Waals surface area contributed by atoms with E-state index in [9.17, 15) is 0 Å². The van der Waals surface area contributed by atoms with Gasteiger partial charge in [-0.25, -0.2) is 0 Å². The molecule has 0 radical (unpaired) electrons. The van der Waals surface area contributed by atoms with Gasteiger partial charge in [0, 0.05) is 5.92 Å². The Morgan fingerprint density at radius 1 is 1.00 bits per heavy atom. The molecule has 0 N–H and O–H groups in total. The van der Waals surface area contributed by atoms with Crippen LogP contribution in [-0.2, 0) is 0 Å². The van der Waals surface area contributed by atoms with Crippen LogP contribution in [0.3, 0.4) is 0 Å². The predicted molar refractivity (Wildman–Crippen MR) is 90.4 cm³/mol. The van der Waals surface area contributed by atoms with Crippen LogP contribution in [0.25, 0.3) is 16.7 Å². The molecule has 2 aromatic carbocycles. The van der Waals surface area contributed by atoms with Crippen LogP contribution in [0.1, 0.15) is 48.8 Å². The van der Waals surface area contributed by atoms with E-state index in [4.69, 9.17) is 0 Å². The third-order valence-corrected chi connectivity index (χ3v) is 4.77. The molecule has 0 spiro atoms. The first-order chi connectivity index (χ1) is 10.4. The first-order valence-electron chi connectivity index (χ1n) is 7.98. The van der Waals surface area contributed by atoms with Crippen molar-refractivity contribution in [2.45, 2.75) is 32.1 Å². The standard InChI is InChI=1S/C21H20/c1-2-7-17-18-10-5-6-11-19(18)20-13-12-16(14-21(17)20)15-8-3-4-9-15/h3-6,8,10-14,17H,2,7,9H2,1H3. The molecular weight excluding hydrogens is 252 g/mol. The summed E-state index contributed by atoms with van der Waals surface area (Å²) in [6.45, 7) is 2.29. The van der Waals surface area contributed by atoms with Crippen molar-refractivity contribution in [2.24, 2.45) is 0 Å². The fourth-order valence-electron chi connectivity index (χ4n) is 3.77. The van der Waals surface area contributed by atoms with Gasteiger partial charge in [0.1, 0.15) is 0 Å². The normalized spacial score (nSPS) is 18.5. The smallest absolute Gasteiger partial charge is 0.0102 e. The Morgan fingerprint density at radius 2 is 1.86 bits per heavy atom. The molecule has 2 aliphatic rings. The van der Waals surface area contributed by atoms with E-state index in [0.717, 1.165) is 6.42 Å². The van der Waals surface area contributed by atoms with Crippen LogP contribution in [0.4, 0.5) is 0 Å². The topological polar surface area (TPSA) is 0 Å². The molecular formula is C21H20. The molecule has 0 heterocycles. The molecule has 0 heteroatoms. The van der Waals surface area contributed by atoms with Crippen molar-refractivity contribution in [3.8, 4) is 11.1 Å². The van der Waals surface area contributed by atoms with Crippen molar-refractivity contribution < 1.29 is 0 Å². The van der Waals surface area contributed by atoms with Gasteiger partial charge in [-0.15, -0.1) is 0 Å². The Kier molecular flexibility index (Phi) is 3.03. The highest BCUT2D eigenvalue weighted by Gasteiger charge is 2.27. The van der Waals surface area contributed by atoms with Crippen molar-refractivity contribution in [3.05, 3.63) is 77.4 Å². The van der Waals surface area contributed by atoms with E-state index in [1.807, 2.05) is 0 Å². The molecule has 2 aliphatic carbocycles. The van der Waals surface area contributed by atoms with Gasteiger partial charge >= 0.3 is 0 Å². The average molecular weight is 272 g/mol. The molecule has 1 unspecified atom stereocenters. The van der Waals surface area contributed by atoms with Crippen LogP contribution >= 0.6 is 0 Å². The minimum atomic E-state index is 0.580. The molecule has 0 aliphatic heterocycles. The molecule has 0 amide bonds. The fraction of sp³-hybridized carbons (Fsp3) is 0.238. The monoisotopic (exact) mass is 272 g/mol. The van der Waals surface area contributed by atoms with Gasteiger partial charge in [0.2, 0.25) is 0 Å². The van der Waals surface area contributed by atoms with Crippen LogP contribution in [0.15, 0.2) is 60.7 Å². The summed E-state index contributed by atoms with van der Waals surface area (Å²) in [5.74, 6) is 0.580. The Morgan fingerprint density at radius 3 is 2.67 bits per heavy atom. The Hall–Kier alpha value is -2.08. The zero-order valence-electron chi connectivity index (χ0n) is 12.5. The second-order valence-electron chi connectivity index (χ2n) is 6.05. The Bertz CT molecular complexity index is 746. The molecule has 0 saturated carbocycles. The third-order valence-electron chi connectivity index (χ3n) is 4.77. The highest BCUT2D eigenvalue weighted by Crippen LogP contribution is 2.47. The molecule has 4 rings (SSSR count). The lowest BCUT2D eigenvalue weighted by atomic mass is 9.90. The van der Waals surface area contributed by atoms with Crippen molar-refractivity contribution in [1.29, 1.82) is 0 Å². The maximum absolute atomic E-state index is 2.44. The fourth-order valence-corrected chi connectivity index (χ4v) is 3.77. The summed E-state index contributed by atoms with van der Waals surface area (Å²) < 4.78 is 0. The second kappa shape index (κ2) is 5.04. The molecule has 2 aromatic rings. The first-order valence-corrected chi connectivity index (χ1v) is 7.98. The summed E-state index contributed by atoms with van der Waals surface area (Å²) in [5, 5.41) is 0. The zero-order chi connectivity index (χ0) is 14.2. The van der Waals surface area contributed by atoms with Gasteiger partial charge in [-0.1, -0.05) is 74.0 Å². The molecule has 0 saturated heterocycles. The van der Waals surface area contributed by atoms with E-state index in [1.54, 1.807) is 0 Å². The van der Waals surface area contributed by atoms with E-state index in [2.05, 4.69) is 67.6 Å². The maximum Gasteiger partial charge on any atom is 0.0102 e. The van der Waals surface area contributed by atoms with Crippen LogP contribution < -0.4 is 0 Å². The Labute approximate surface area is 126 Å². The largest absolute Gasteiger partial charge is 0.0801 e. The number of benzene rings is 2. The van der Waals surface area contributed by atoms with Gasteiger partial charge in [-0.2, -0.15) is 0 Å². The lowest BCUT2D eigenvalue weighted by Gasteiger charge is -2.13. The summed E-state index contributed by atoms with van der Waals surface area (Å²) in [5.41, 5.74) is 8.78. The average Bonchev–Trinajstić information content (AvgIpc) is 3.15. The van der Waals surface area contributed by atoms with Crippen LogP contribution in [-0.4, -0.2) is 0 Å². The van der Waals surface area contributed by atoms with Gasteiger partial charge in [-0.05, 0) is 46.2 Å². The van der Waals surface area contributed by atoms with Crippen molar-refractivity contribution in [3.63, 3.8) is 0 Å². The van der Waals surface area contributed by atoms with E-state index in [0.29, 0.717) is 5.92 Å². The van der Waals surface area contributed by atoms with E-state index < -0.39 is 0 Å². The molecule has 104 valence electrons. The van der Waals surface area contributed by atoms with Gasteiger partial charge in [0.05, 0.1) is 0 Å². The third kappa shape index (κ3) is 1.98. The summed E-state index contributed by atoms with van der Waals surface area (Å²) in [6, 6.07) is 16.0. The van der Waals surface area contributed by atoms with Crippen molar-refractivity contribution in [2.75, 3.05) is 0 Å². The van der Waals surface area contributed by atoms with E-state index in [1.165, 1.54) is 46.2 Å². The summed E-state index contributed by atoms with van der Waals surface area (Å²) in [4.78, 5) is 0. The number of allylic oxidation sites excluding steroid dienone is 4. The minimum Gasteiger partial charge on any atom is -0.0801 e. The van der Waals surface area contributed by atoms with Crippen LogP contribution in [0.2, 0.25) is 0 Å². The van der Waals surface area contributed by atoms with Crippen molar-refractivity contribution in [1.82, 2.24) is 0 Å². The van der Waals surface area contributed by atoms with Gasteiger partial charge < -0.3 is 0 Å². The number of fused-ring (bicyclic) bond motifs is 3. The quantitative estimate of drug-likeness (QED) is 0.648. The lowest BCUT2D eigenvalue weighted by molar-refractivity contribution is 0.711. The molecule has 21 heavy (non-hydrogen) atoms. The van der Waals surface area contributed by atoms with Gasteiger partial charge in [-0.3, -0.25) is 0 Å². The number of hydrogen-bond acceptors (Lipinski definition) is 0. The minimum absolute atomic E-state index is 0.580. The summed E-state index contributed by atoms with van der Waals surface area (Å²) >= 11 is 0. The van der Waals surface area contributed by atoms with Crippen LogP contribution in [0.5, 0.6) is 0 Å². The first kappa shape index (κ1) is 12.6. The van der Waals surface area contributed by atoms with E-state index >= 15 is 0 Å².